The number of Topliss-reactive ketones (excluding diaryl/α,β-unsaturated/α-hetero) is 2. The topological polar surface area (TPSA) is 90.0 Å². The van der Waals surface area contributed by atoms with Gasteiger partial charge < -0.3 is 9.47 Å². The van der Waals surface area contributed by atoms with E-state index in [1.54, 1.807) is 0 Å². The van der Waals surface area contributed by atoms with Crippen LogP contribution in [0.15, 0.2) is 12.1 Å². The summed E-state index contributed by atoms with van der Waals surface area (Å²) in [6.45, 7) is 1.08. The van der Waals surface area contributed by atoms with E-state index in [9.17, 15) is 19.2 Å². The van der Waals surface area contributed by atoms with E-state index in [1.807, 2.05) is 0 Å². The molecule has 7 nitrogen and oxygen atoms in total. The molecule has 1 saturated heterocycles. The Labute approximate surface area is 130 Å². The van der Waals surface area contributed by atoms with E-state index in [-0.39, 0.29) is 22.2 Å². The number of imide groups is 1. The van der Waals surface area contributed by atoms with Crippen molar-refractivity contribution >= 4 is 40.7 Å². The number of ketones is 2. The lowest BCUT2D eigenvalue weighted by Crippen LogP contribution is -2.32. The van der Waals surface area contributed by atoms with Gasteiger partial charge in [0.05, 0.1) is 24.9 Å². The second-order valence-corrected chi connectivity index (χ2v) is 4.95. The van der Waals surface area contributed by atoms with Crippen molar-refractivity contribution in [2.24, 2.45) is 5.92 Å². The van der Waals surface area contributed by atoms with E-state index in [2.05, 4.69) is 0 Å². The number of rotatable bonds is 4. The highest BCUT2D eigenvalue weighted by Gasteiger charge is 2.50. The second kappa shape index (κ2) is 5.76. The molecule has 0 unspecified atom stereocenters. The van der Waals surface area contributed by atoms with Crippen molar-refractivity contribution < 1.29 is 28.7 Å². The van der Waals surface area contributed by atoms with E-state index in [0.29, 0.717) is 4.90 Å². The van der Waals surface area contributed by atoms with Crippen molar-refractivity contribution in [1.29, 1.82) is 0 Å². The SMILES string of the molecule is COc1cc(N2C(=O)C(=O)[C@@H](C(C)=O)C2=O)c(OC)cc1Cl. The number of methoxy groups -OCH3 is 2. The highest BCUT2D eigenvalue weighted by Crippen LogP contribution is 2.40. The number of hydrogen-bond donors (Lipinski definition) is 0. The highest BCUT2D eigenvalue weighted by molar-refractivity contribution is 6.59. The fourth-order valence-corrected chi connectivity index (χ4v) is 2.41. The molecule has 1 heterocycles. The molecule has 2 amide bonds. The minimum atomic E-state index is -1.61. The molecule has 0 spiro atoms. The van der Waals surface area contributed by atoms with Gasteiger partial charge in [0.1, 0.15) is 17.3 Å². The number of carbonyl (C=O) groups excluding carboxylic acids is 4. The van der Waals surface area contributed by atoms with Crippen molar-refractivity contribution in [2.45, 2.75) is 6.92 Å². The van der Waals surface area contributed by atoms with Crippen LogP contribution in [0.2, 0.25) is 5.02 Å². The Kier molecular flexibility index (Phi) is 4.18. The number of ether oxygens (including phenoxy) is 2. The molecule has 0 saturated carbocycles. The summed E-state index contributed by atoms with van der Waals surface area (Å²) >= 11 is 5.95. The largest absolute Gasteiger partial charge is 0.495 e. The fraction of sp³-hybridized carbons (Fsp3) is 0.286. The first-order valence-electron chi connectivity index (χ1n) is 6.17. The summed E-state index contributed by atoms with van der Waals surface area (Å²) in [7, 11) is 2.67. The van der Waals surface area contributed by atoms with Gasteiger partial charge in [0, 0.05) is 12.1 Å². The van der Waals surface area contributed by atoms with Crippen molar-refractivity contribution in [1.82, 2.24) is 0 Å². The summed E-state index contributed by atoms with van der Waals surface area (Å²) in [5, 5.41) is 0.205. The molecule has 8 heteroatoms. The monoisotopic (exact) mass is 325 g/mol. The minimum Gasteiger partial charge on any atom is -0.495 e. The zero-order valence-electron chi connectivity index (χ0n) is 12.0. The molecule has 1 aliphatic heterocycles. The predicted molar refractivity (Wildman–Crippen MR) is 76.2 cm³/mol. The molecule has 0 aliphatic carbocycles. The zero-order valence-corrected chi connectivity index (χ0v) is 12.8. The molecular formula is C14H12ClNO6. The lowest BCUT2D eigenvalue weighted by atomic mass is 10.0. The smallest absolute Gasteiger partial charge is 0.302 e. The summed E-state index contributed by atoms with van der Waals surface area (Å²) in [5.41, 5.74) is -0.00384. The van der Waals surface area contributed by atoms with Gasteiger partial charge >= 0.3 is 5.91 Å². The van der Waals surface area contributed by atoms with Crippen LogP contribution < -0.4 is 14.4 Å². The summed E-state index contributed by atoms with van der Waals surface area (Å²) in [5.74, 6) is -5.07. The van der Waals surface area contributed by atoms with Crippen LogP contribution in [0, 0.1) is 5.92 Å². The second-order valence-electron chi connectivity index (χ2n) is 4.55. The van der Waals surface area contributed by atoms with Gasteiger partial charge in [-0.3, -0.25) is 19.2 Å². The average Bonchev–Trinajstić information content (AvgIpc) is 2.69. The molecule has 1 fully saturated rings. The number of nitrogens with zero attached hydrogens (tertiary/aromatic N) is 1. The van der Waals surface area contributed by atoms with Crippen LogP contribution in [0.25, 0.3) is 0 Å². The van der Waals surface area contributed by atoms with Crippen LogP contribution in [-0.2, 0) is 19.2 Å². The van der Waals surface area contributed by atoms with Crippen LogP contribution in [0.3, 0.4) is 0 Å². The van der Waals surface area contributed by atoms with Crippen LogP contribution in [-0.4, -0.2) is 37.6 Å². The van der Waals surface area contributed by atoms with Crippen LogP contribution in [0.4, 0.5) is 5.69 Å². The number of hydrogen-bond acceptors (Lipinski definition) is 6. The maximum atomic E-state index is 12.3. The Morgan fingerprint density at radius 1 is 1.14 bits per heavy atom. The first-order chi connectivity index (χ1) is 10.3. The van der Waals surface area contributed by atoms with Gasteiger partial charge in [0.15, 0.2) is 5.92 Å². The first kappa shape index (κ1) is 16.0. The third kappa shape index (κ3) is 2.33. The molecule has 2 rings (SSSR count). The predicted octanol–water partition coefficient (Wildman–Crippen LogP) is 1.00. The van der Waals surface area contributed by atoms with Crippen molar-refractivity contribution in [3.05, 3.63) is 17.2 Å². The summed E-state index contributed by atoms with van der Waals surface area (Å²) in [6, 6.07) is 2.65. The van der Waals surface area contributed by atoms with Crippen LogP contribution in [0.5, 0.6) is 11.5 Å². The Bertz CT molecular complexity index is 699. The third-order valence-electron chi connectivity index (χ3n) is 3.24. The summed E-state index contributed by atoms with van der Waals surface area (Å²) < 4.78 is 10.1. The number of benzene rings is 1. The standard InChI is InChI=1S/C14H12ClNO6/c1-6(17)11-12(18)14(20)16(13(11)19)8-5-9(21-2)7(15)4-10(8)22-3/h4-5,11H,1-3H3/t11-/m1/s1. The fourth-order valence-electron chi connectivity index (χ4n) is 2.18. The third-order valence-corrected chi connectivity index (χ3v) is 3.54. The number of carbonyl (C=O) groups is 4. The van der Waals surface area contributed by atoms with Crippen molar-refractivity contribution in [2.75, 3.05) is 19.1 Å². The molecule has 1 atom stereocenters. The Balaban J connectivity index is 2.61. The zero-order chi connectivity index (χ0) is 16.6. The summed E-state index contributed by atoms with van der Waals surface area (Å²) in [6.07, 6.45) is 0. The van der Waals surface area contributed by atoms with E-state index in [0.717, 1.165) is 6.92 Å². The maximum Gasteiger partial charge on any atom is 0.302 e. The molecule has 1 aromatic carbocycles. The Morgan fingerprint density at radius 3 is 2.18 bits per heavy atom. The average molecular weight is 326 g/mol. The number of amides is 2. The minimum absolute atomic E-state index is 0.00384. The lowest BCUT2D eigenvalue weighted by molar-refractivity contribution is -0.139. The molecule has 0 radical (unpaired) electrons. The molecular weight excluding hydrogens is 314 g/mol. The van der Waals surface area contributed by atoms with Crippen molar-refractivity contribution in [3.8, 4) is 11.5 Å². The maximum absolute atomic E-state index is 12.3. The number of halogens is 1. The van der Waals surface area contributed by atoms with Crippen LogP contribution >= 0.6 is 11.6 Å². The molecule has 0 N–H and O–H groups in total. The van der Waals surface area contributed by atoms with Gasteiger partial charge in [-0.2, -0.15) is 0 Å². The van der Waals surface area contributed by atoms with E-state index < -0.39 is 29.3 Å². The molecule has 116 valence electrons. The normalized spacial score (nSPS) is 17.9. The summed E-state index contributed by atoms with van der Waals surface area (Å²) in [4.78, 5) is 48.2. The van der Waals surface area contributed by atoms with Crippen LogP contribution in [0.1, 0.15) is 6.92 Å². The number of anilines is 1. The Hall–Kier alpha value is -2.41. The van der Waals surface area contributed by atoms with Gasteiger partial charge in [0.25, 0.3) is 5.91 Å². The first-order valence-corrected chi connectivity index (χ1v) is 6.55. The van der Waals surface area contributed by atoms with E-state index >= 15 is 0 Å². The van der Waals surface area contributed by atoms with Gasteiger partial charge in [0.2, 0.25) is 5.78 Å². The Morgan fingerprint density at radius 2 is 1.73 bits per heavy atom. The van der Waals surface area contributed by atoms with Gasteiger partial charge in [-0.1, -0.05) is 11.6 Å². The molecule has 1 aromatic rings. The molecule has 0 bridgehead atoms. The van der Waals surface area contributed by atoms with E-state index in [4.69, 9.17) is 21.1 Å². The molecule has 22 heavy (non-hydrogen) atoms. The molecule has 1 aliphatic rings. The van der Waals surface area contributed by atoms with E-state index in [1.165, 1.54) is 26.4 Å². The highest BCUT2D eigenvalue weighted by atomic mass is 35.5. The lowest BCUT2D eigenvalue weighted by Gasteiger charge is -2.18. The molecule has 0 aromatic heterocycles. The van der Waals surface area contributed by atoms with Gasteiger partial charge in [-0.05, 0) is 6.92 Å². The van der Waals surface area contributed by atoms with Gasteiger partial charge in [-0.15, -0.1) is 0 Å². The van der Waals surface area contributed by atoms with Crippen molar-refractivity contribution in [3.63, 3.8) is 0 Å². The quantitative estimate of drug-likeness (QED) is 0.466. The van der Waals surface area contributed by atoms with Gasteiger partial charge in [-0.25, -0.2) is 4.90 Å².